The van der Waals surface area contributed by atoms with Gasteiger partial charge in [-0.05, 0) is 43.5 Å². The van der Waals surface area contributed by atoms with E-state index in [0.717, 1.165) is 41.9 Å². The molecule has 0 amide bonds. The molecule has 0 N–H and O–H groups in total. The number of ether oxygens (including phenoxy) is 1. The monoisotopic (exact) mass is 338 g/mol. The van der Waals surface area contributed by atoms with Crippen molar-refractivity contribution in [2.24, 2.45) is 0 Å². The van der Waals surface area contributed by atoms with E-state index >= 15 is 0 Å². The van der Waals surface area contributed by atoms with Crippen LogP contribution >= 0.6 is 0 Å². The molecule has 1 aromatic carbocycles. The van der Waals surface area contributed by atoms with Gasteiger partial charge in [-0.3, -0.25) is 4.98 Å². The largest absolute Gasteiger partial charge is 0.454 e. The van der Waals surface area contributed by atoms with E-state index in [9.17, 15) is 9.18 Å². The topological polar surface area (TPSA) is 69.9 Å². The van der Waals surface area contributed by atoms with E-state index in [1.165, 1.54) is 30.7 Å². The average Bonchev–Trinajstić information content (AvgIpc) is 3.24. The zero-order valence-electron chi connectivity index (χ0n) is 13.4. The minimum Gasteiger partial charge on any atom is -0.454 e. The van der Waals surface area contributed by atoms with Crippen LogP contribution in [0.4, 0.5) is 4.39 Å². The molecular formula is C18H15FN4O2. The molecule has 0 spiro atoms. The molecule has 7 heteroatoms. The maximum Gasteiger partial charge on any atom is 0.358 e. The number of benzene rings is 1. The first-order valence-corrected chi connectivity index (χ1v) is 8.01. The zero-order chi connectivity index (χ0) is 17.2. The maximum atomic E-state index is 13.2. The van der Waals surface area contributed by atoms with Gasteiger partial charge in [-0.15, -0.1) is 0 Å². The number of hydrogen-bond donors (Lipinski definition) is 0. The molecule has 0 aliphatic heterocycles. The Morgan fingerprint density at radius 2 is 2.04 bits per heavy atom. The van der Waals surface area contributed by atoms with Gasteiger partial charge in [-0.25, -0.2) is 18.9 Å². The second-order valence-electron chi connectivity index (χ2n) is 5.78. The second kappa shape index (κ2) is 6.43. The van der Waals surface area contributed by atoms with E-state index in [-0.39, 0.29) is 18.1 Å². The SMILES string of the molecule is O=C(OCc1nn(-c2ccc(F)cc2)c2c1CCC2)c1cnccn1. The molecule has 0 atom stereocenters. The van der Waals surface area contributed by atoms with Crippen LogP contribution in [0, 0.1) is 5.82 Å². The molecule has 0 saturated heterocycles. The van der Waals surface area contributed by atoms with Gasteiger partial charge in [0.1, 0.15) is 18.1 Å². The van der Waals surface area contributed by atoms with E-state index in [4.69, 9.17) is 4.74 Å². The maximum absolute atomic E-state index is 13.2. The highest BCUT2D eigenvalue weighted by Gasteiger charge is 2.24. The number of esters is 1. The smallest absolute Gasteiger partial charge is 0.358 e. The van der Waals surface area contributed by atoms with Crippen molar-refractivity contribution < 1.29 is 13.9 Å². The molecule has 2 aromatic heterocycles. The number of hydrogen-bond acceptors (Lipinski definition) is 5. The fourth-order valence-corrected chi connectivity index (χ4v) is 3.04. The number of carbonyl (C=O) groups is 1. The summed E-state index contributed by atoms with van der Waals surface area (Å²) in [4.78, 5) is 19.8. The fraction of sp³-hybridized carbons (Fsp3) is 0.222. The Balaban J connectivity index is 1.58. The fourth-order valence-electron chi connectivity index (χ4n) is 3.04. The van der Waals surface area contributed by atoms with E-state index in [0.29, 0.717) is 0 Å². The van der Waals surface area contributed by atoms with Crippen LogP contribution in [0.15, 0.2) is 42.9 Å². The van der Waals surface area contributed by atoms with Crippen LogP contribution in [0.1, 0.15) is 33.9 Å². The van der Waals surface area contributed by atoms with Crippen molar-refractivity contribution in [2.75, 3.05) is 0 Å². The summed E-state index contributed by atoms with van der Waals surface area (Å²) >= 11 is 0. The lowest BCUT2D eigenvalue weighted by Crippen LogP contribution is -2.09. The molecule has 0 radical (unpaired) electrons. The molecule has 0 fully saturated rings. The molecule has 126 valence electrons. The van der Waals surface area contributed by atoms with Gasteiger partial charge in [0.25, 0.3) is 0 Å². The lowest BCUT2D eigenvalue weighted by atomic mass is 10.2. The van der Waals surface area contributed by atoms with Crippen molar-refractivity contribution >= 4 is 5.97 Å². The third-order valence-electron chi connectivity index (χ3n) is 4.20. The van der Waals surface area contributed by atoms with E-state index < -0.39 is 5.97 Å². The minimum atomic E-state index is -0.531. The lowest BCUT2D eigenvalue weighted by molar-refractivity contribution is 0.0459. The predicted octanol–water partition coefficient (Wildman–Crippen LogP) is 2.65. The number of aromatic nitrogens is 4. The first-order valence-electron chi connectivity index (χ1n) is 8.01. The van der Waals surface area contributed by atoms with Crippen LogP contribution in [-0.4, -0.2) is 25.7 Å². The third kappa shape index (κ3) is 3.00. The molecule has 0 saturated carbocycles. The van der Waals surface area contributed by atoms with Crippen molar-refractivity contribution in [3.63, 3.8) is 0 Å². The van der Waals surface area contributed by atoms with E-state index in [2.05, 4.69) is 15.1 Å². The number of halogens is 1. The molecule has 2 heterocycles. The van der Waals surface area contributed by atoms with Crippen molar-refractivity contribution in [3.8, 4) is 5.69 Å². The molecular weight excluding hydrogens is 323 g/mol. The van der Waals surface area contributed by atoms with Gasteiger partial charge in [-0.1, -0.05) is 0 Å². The minimum absolute atomic E-state index is 0.0753. The van der Waals surface area contributed by atoms with Gasteiger partial charge in [0.2, 0.25) is 0 Å². The summed E-state index contributed by atoms with van der Waals surface area (Å²) in [6, 6.07) is 6.20. The average molecular weight is 338 g/mol. The number of carbonyl (C=O) groups excluding carboxylic acids is 1. The molecule has 4 rings (SSSR count). The predicted molar refractivity (Wildman–Crippen MR) is 86.7 cm³/mol. The summed E-state index contributed by atoms with van der Waals surface area (Å²) in [6.45, 7) is 0.0753. The van der Waals surface area contributed by atoms with Gasteiger partial charge in [0.15, 0.2) is 5.69 Å². The molecule has 1 aliphatic rings. The Kier molecular flexibility index (Phi) is 3.97. The highest BCUT2D eigenvalue weighted by Crippen LogP contribution is 2.28. The lowest BCUT2D eigenvalue weighted by Gasteiger charge is -2.05. The molecule has 3 aromatic rings. The highest BCUT2D eigenvalue weighted by molar-refractivity contribution is 5.86. The Morgan fingerprint density at radius 1 is 1.20 bits per heavy atom. The normalized spacial score (nSPS) is 12.8. The summed E-state index contributed by atoms with van der Waals surface area (Å²) in [5.74, 6) is -0.818. The van der Waals surface area contributed by atoms with Crippen LogP contribution in [0.25, 0.3) is 5.69 Å². The first kappa shape index (κ1) is 15.4. The summed E-state index contributed by atoms with van der Waals surface area (Å²) in [5.41, 5.74) is 3.89. The Labute approximate surface area is 143 Å². The summed E-state index contributed by atoms with van der Waals surface area (Å²) in [7, 11) is 0. The Hall–Kier alpha value is -3.09. The van der Waals surface area contributed by atoms with Gasteiger partial charge in [0.05, 0.1) is 11.9 Å². The van der Waals surface area contributed by atoms with Gasteiger partial charge >= 0.3 is 5.97 Å². The summed E-state index contributed by atoms with van der Waals surface area (Å²) in [5, 5.41) is 4.58. The van der Waals surface area contributed by atoms with Crippen LogP contribution in [0.2, 0.25) is 0 Å². The standard InChI is InChI=1S/C18H15FN4O2/c19-12-4-6-13(7-5-12)23-17-3-1-2-14(17)16(22-23)11-25-18(24)15-10-20-8-9-21-15/h4-10H,1-3,11H2. The van der Waals surface area contributed by atoms with Crippen LogP contribution in [0.3, 0.4) is 0 Å². The Morgan fingerprint density at radius 3 is 2.80 bits per heavy atom. The molecule has 1 aliphatic carbocycles. The van der Waals surface area contributed by atoms with Crippen molar-refractivity contribution in [1.82, 2.24) is 19.7 Å². The highest BCUT2D eigenvalue weighted by atomic mass is 19.1. The molecule has 25 heavy (non-hydrogen) atoms. The number of rotatable bonds is 4. The number of fused-ring (bicyclic) bond motifs is 1. The van der Waals surface area contributed by atoms with Gasteiger partial charge in [-0.2, -0.15) is 5.10 Å². The number of nitrogens with zero attached hydrogens (tertiary/aromatic N) is 4. The van der Waals surface area contributed by atoms with Crippen LogP contribution in [-0.2, 0) is 24.2 Å². The van der Waals surface area contributed by atoms with Gasteiger partial charge < -0.3 is 4.74 Å². The van der Waals surface area contributed by atoms with Crippen molar-refractivity contribution in [1.29, 1.82) is 0 Å². The van der Waals surface area contributed by atoms with Crippen LogP contribution in [0.5, 0.6) is 0 Å². The van der Waals surface area contributed by atoms with Gasteiger partial charge in [0, 0.05) is 23.7 Å². The molecule has 0 bridgehead atoms. The molecule has 0 unspecified atom stereocenters. The third-order valence-corrected chi connectivity index (χ3v) is 4.20. The molecule has 6 nitrogen and oxygen atoms in total. The second-order valence-corrected chi connectivity index (χ2v) is 5.78. The quantitative estimate of drug-likeness (QED) is 0.684. The zero-order valence-corrected chi connectivity index (χ0v) is 13.4. The van der Waals surface area contributed by atoms with E-state index in [1.54, 1.807) is 12.1 Å². The first-order chi connectivity index (χ1) is 12.2. The van der Waals surface area contributed by atoms with Crippen molar-refractivity contribution in [2.45, 2.75) is 25.9 Å². The summed E-state index contributed by atoms with van der Waals surface area (Å²) < 4.78 is 20.3. The summed E-state index contributed by atoms with van der Waals surface area (Å²) in [6.07, 6.45) is 7.13. The Bertz CT molecular complexity index is 907. The van der Waals surface area contributed by atoms with E-state index in [1.807, 2.05) is 4.68 Å². The van der Waals surface area contributed by atoms with Crippen molar-refractivity contribution in [3.05, 3.63) is 71.3 Å². The van der Waals surface area contributed by atoms with Crippen LogP contribution < -0.4 is 0 Å².